The molecule has 3 N–H and O–H groups in total. The average Bonchev–Trinajstić information content (AvgIpc) is 2.79. The Kier molecular flexibility index (Phi) is 4.41. The first-order valence-corrected chi connectivity index (χ1v) is 8.09. The fourth-order valence-corrected chi connectivity index (χ4v) is 2.45. The molecular formula is C13H17N3O3S. The molecule has 0 aliphatic carbocycles. The average molecular weight is 295 g/mol. The van der Waals surface area contributed by atoms with Crippen molar-refractivity contribution in [3.05, 3.63) is 35.5 Å². The Labute approximate surface area is 117 Å². The maximum absolute atomic E-state index is 11.1. The van der Waals surface area contributed by atoms with E-state index in [2.05, 4.69) is 15.0 Å². The van der Waals surface area contributed by atoms with Crippen LogP contribution in [0.4, 0.5) is 0 Å². The zero-order valence-corrected chi connectivity index (χ0v) is 12.0. The van der Waals surface area contributed by atoms with Crippen molar-refractivity contribution in [2.75, 3.05) is 12.8 Å². The second kappa shape index (κ2) is 6.06. The van der Waals surface area contributed by atoms with Gasteiger partial charge in [0.05, 0.1) is 6.26 Å². The van der Waals surface area contributed by atoms with Crippen LogP contribution in [-0.4, -0.2) is 32.6 Å². The number of H-pyrrole nitrogens is 1. The van der Waals surface area contributed by atoms with Crippen molar-refractivity contribution in [1.82, 2.24) is 15.0 Å². The lowest BCUT2D eigenvalue weighted by molar-refractivity contribution is -0.109. The highest BCUT2D eigenvalue weighted by Gasteiger charge is 2.06. The Morgan fingerprint density at radius 1 is 1.35 bits per heavy atom. The molecule has 1 aromatic carbocycles. The number of carbonyl (C=O) groups is 1. The molecule has 0 aliphatic rings. The van der Waals surface area contributed by atoms with Crippen LogP contribution in [-0.2, 0) is 27.8 Å². The molecule has 0 aliphatic heterocycles. The van der Waals surface area contributed by atoms with E-state index in [1.54, 1.807) is 0 Å². The van der Waals surface area contributed by atoms with Crippen molar-refractivity contribution in [2.24, 2.45) is 0 Å². The topological polar surface area (TPSA) is 91.1 Å². The van der Waals surface area contributed by atoms with E-state index in [0.717, 1.165) is 34.7 Å². The number of rotatable bonds is 7. The van der Waals surface area contributed by atoms with Crippen LogP contribution in [0.25, 0.3) is 10.9 Å². The van der Waals surface area contributed by atoms with Gasteiger partial charge in [0, 0.05) is 30.2 Å². The lowest BCUT2D eigenvalue weighted by Crippen LogP contribution is -2.21. The molecule has 0 radical (unpaired) electrons. The van der Waals surface area contributed by atoms with E-state index in [1.165, 1.54) is 0 Å². The SMILES string of the molecule is CS(=O)(=O)NCc1ccc2[nH]cc(CCNC=O)c2c1. The number of nitrogens with one attached hydrogen (secondary N) is 3. The standard InChI is InChI=1S/C13H17N3O3S/c1-20(18,19)16-7-10-2-3-13-12(6-10)11(8-15-13)4-5-14-9-17/h2-3,6,8-9,15-16H,4-5,7H2,1H3,(H,14,17). The first kappa shape index (κ1) is 14.5. The molecule has 1 amide bonds. The van der Waals surface area contributed by atoms with Crippen molar-refractivity contribution in [2.45, 2.75) is 13.0 Å². The molecule has 108 valence electrons. The number of aromatic nitrogens is 1. The van der Waals surface area contributed by atoms with Gasteiger partial charge in [0.25, 0.3) is 0 Å². The van der Waals surface area contributed by atoms with Crippen LogP contribution in [0.1, 0.15) is 11.1 Å². The third-order valence-electron chi connectivity index (χ3n) is 2.99. The van der Waals surface area contributed by atoms with Crippen molar-refractivity contribution in [3.8, 4) is 0 Å². The highest BCUT2D eigenvalue weighted by atomic mass is 32.2. The van der Waals surface area contributed by atoms with Crippen molar-refractivity contribution >= 4 is 27.3 Å². The van der Waals surface area contributed by atoms with Crippen LogP contribution in [0.3, 0.4) is 0 Å². The van der Waals surface area contributed by atoms with Crippen molar-refractivity contribution < 1.29 is 13.2 Å². The van der Waals surface area contributed by atoms with E-state index < -0.39 is 10.0 Å². The highest BCUT2D eigenvalue weighted by Crippen LogP contribution is 2.20. The summed E-state index contributed by atoms with van der Waals surface area (Å²) < 4.78 is 24.7. The van der Waals surface area contributed by atoms with Crippen LogP contribution >= 0.6 is 0 Å². The Bertz CT molecular complexity index is 707. The summed E-state index contributed by atoms with van der Waals surface area (Å²) in [5, 5.41) is 3.67. The van der Waals surface area contributed by atoms with Gasteiger partial charge in [-0.25, -0.2) is 13.1 Å². The van der Waals surface area contributed by atoms with Crippen molar-refractivity contribution in [1.29, 1.82) is 0 Å². The van der Waals surface area contributed by atoms with Gasteiger partial charge >= 0.3 is 0 Å². The van der Waals surface area contributed by atoms with Gasteiger partial charge in [-0.1, -0.05) is 6.07 Å². The summed E-state index contributed by atoms with van der Waals surface area (Å²) >= 11 is 0. The minimum atomic E-state index is -3.20. The van der Waals surface area contributed by atoms with Crippen LogP contribution in [0.15, 0.2) is 24.4 Å². The number of sulfonamides is 1. The molecule has 0 atom stereocenters. The number of carbonyl (C=O) groups excluding carboxylic acids is 1. The summed E-state index contributed by atoms with van der Waals surface area (Å²) in [7, 11) is -3.20. The van der Waals surface area contributed by atoms with Crippen LogP contribution in [0.2, 0.25) is 0 Å². The minimum Gasteiger partial charge on any atom is -0.361 e. The van der Waals surface area contributed by atoms with Gasteiger partial charge in [0.2, 0.25) is 16.4 Å². The maximum atomic E-state index is 11.1. The second-order valence-electron chi connectivity index (χ2n) is 4.61. The van der Waals surface area contributed by atoms with E-state index in [0.29, 0.717) is 13.0 Å². The molecule has 2 rings (SSSR count). The number of fused-ring (bicyclic) bond motifs is 1. The lowest BCUT2D eigenvalue weighted by atomic mass is 10.1. The first-order chi connectivity index (χ1) is 9.49. The summed E-state index contributed by atoms with van der Waals surface area (Å²) in [5.74, 6) is 0. The third-order valence-corrected chi connectivity index (χ3v) is 3.66. The second-order valence-corrected chi connectivity index (χ2v) is 6.44. The molecule has 0 fully saturated rings. The summed E-state index contributed by atoms with van der Waals surface area (Å²) in [4.78, 5) is 13.4. The summed E-state index contributed by atoms with van der Waals surface area (Å²) in [6, 6.07) is 5.76. The van der Waals surface area contributed by atoms with Gasteiger partial charge < -0.3 is 10.3 Å². The maximum Gasteiger partial charge on any atom is 0.209 e. The molecule has 20 heavy (non-hydrogen) atoms. The summed E-state index contributed by atoms with van der Waals surface area (Å²) in [6.07, 6.45) is 4.45. The van der Waals surface area contributed by atoms with Gasteiger partial charge in [0.1, 0.15) is 0 Å². The Balaban J connectivity index is 2.18. The zero-order valence-electron chi connectivity index (χ0n) is 11.1. The third kappa shape index (κ3) is 3.82. The molecule has 7 heteroatoms. The largest absolute Gasteiger partial charge is 0.361 e. The first-order valence-electron chi connectivity index (χ1n) is 6.20. The van der Waals surface area contributed by atoms with Crippen LogP contribution < -0.4 is 10.0 Å². The molecule has 1 heterocycles. The molecule has 0 spiro atoms. The van der Waals surface area contributed by atoms with Gasteiger partial charge in [-0.3, -0.25) is 4.79 Å². The molecule has 0 bridgehead atoms. The normalized spacial score (nSPS) is 11.7. The quantitative estimate of drug-likeness (QED) is 0.513. The van der Waals surface area contributed by atoms with E-state index >= 15 is 0 Å². The predicted octanol–water partition coefficient (Wildman–Crippen LogP) is 0.506. The van der Waals surface area contributed by atoms with E-state index in [1.807, 2.05) is 24.4 Å². The van der Waals surface area contributed by atoms with Crippen LogP contribution in [0, 0.1) is 0 Å². The fourth-order valence-electron chi connectivity index (χ4n) is 2.02. The Hall–Kier alpha value is -1.86. The fraction of sp³-hybridized carbons (Fsp3) is 0.308. The van der Waals surface area contributed by atoms with Crippen molar-refractivity contribution in [3.63, 3.8) is 0 Å². The molecule has 0 saturated heterocycles. The molecular weight excluding hydrogens is 278 g/mol. The van der Waals surface area contributed by atoms with Crippen LogP contribution in [0.5, 0.6) is 0 Å². The Morgan fingerprint density at radius 3 is 2.85 bits per heavy atom. The lowest BCUT2D eigenvalue weighted by Gasteiger charge is -2.04. The monoisotopic (exact) mass is 295 g/mol. The Morgan fingerprint density at radius 2 is 2.15 bits per heavy atom. The number of amides is 1. The number of hydrogen-bond donors (Lipinski definition) is 3. The molecule has 1 aromatic heterocycles. The number of benzene rings is 1. The smallest absolute Gasteiger partial charge is 0.209 e. The molecule has 2 aromatic rings. The van der Waals surface area contributed by atoms with E-state index in [9.17, 15) is 13.2 Å². The molecule has 0 unspecified atom stereocenters. The molecule has 0 saturated carbocycles. The van der Waals surface area contributed by atoms with E-state index in [-0.39, 0.29) is 6.54 Å². The van der Waals surface area contributed by atoms with Gasteiger partial charge in [-0.2, -0.15) is 0 Å². The van der Waals surface area contributed by atoms with Gasteiger partial charge in [-0.05, 0) is 29.7 Å². The summed E-state index contributed by atoms with van der Waals surface area (Å²) in [5.41, 5.74) is 2.98. The number of hydrogen-bond acceptors (Lipinski definition) is 3. The van der Waals surface area contributed by atoms with E-state index in [4.69, 9.17) is 0 Å². The molecule has 6 nitrogen and oxygen atoms in total. The summed E-state index contributed by atoms with van der Waals surface area (Å²) in [6.45, 7) is 0.842. The van der Waals surface area contributed by atoms with Gasteiger partial charge in [0.15, 0.2) is 0 Å². The number of aromatic amines is 1. The van der Waals surface area contributed by atoms with Gasteiger partial charge in [-0.15, -0.1) is 0 Å². The minimum absolute atomic E-state index is 0.270. The predicted molar refractivity (Wildman–Crippen MR) is 77.8 cm³/mol. The zero-order chi connectivity index (χ0) is 14.6. The highest BCUT2D eigenvalue weighted by molar-refractivity contribution is 7.88.